The van der Waals surface area contributed by atoms with Crippen molar-refractivity contribution in [3.63, 3.8) is 0 Å². The maximum absolute atomic E-state index is 11.6. The predicted octanol–water partition coefficient (Wildman–Crippen LogP) is 3.44. The van der Waals surface area contributed by atoms with Crippen LogP contribution < -0.4 is 5.32 Å². The maximum Gasteiger partial charge on any atom is 0.412 e. The number of nitrogens with zero attached hydrogens (tertiary/aromatic N) is 2. The van der Waals surface area contributed by atoms with E-state index in [4.69, 9.17) is 4.74 Å². The molecule has 0 atom stereocenters. The Hall–Kier alpha value is -1.56. The summed E-state index contributed by atoms with van der Waals surface area (Å²) in [6, 6.07) is 1.78. The highest BCUT2D eigenvalue weighted by Crippen LogP contribution is 2.21. The number of aromatic nitrogens is 2. The molecule has 6 heteroatoms. The smallest absolute Gasteiger partial charge is 0.412 e. The minimum Gasteiger partial charge on any atom is -0.444 e. The highest BCUT2D eigenvalue weighted by Gasteiger charge is 2.16. The number of amides is 1. The van der Waals surface area contributed by atoms with Gasteiger partial charge in [0.05, 0.1) is 10.2 Å². The van der Waals surface area contributed by atoms with E-state index in [-0.39, 0.29) is 0 Å². The first-order valence-electron chi connectivity index (χ1n) is 5.47. The van der Waals surface area contributed by atoms with E-state index in [0.717, 1.165) is 10.1 Å². The Balaban J connectivity index is 2.19. The number of fused-ring (bicyclic) bond motifs is 1. The second-order valence-electron chi connectivity index (χ2n) is 4.86. The molecule has 2 aromatic heterocycles. The van der Waals surface area contributed by atoms with Gasteiger partial charge in [0, 0.05) is 18.6 Å². The van der Waals surface area contributed by atoms with Gasteiger partial charge in [0.25, 0.3) is 0 Å². The van der Waals surface area contributed by atoms with Gasteiger partial charge in [-0.25, -0.2) is 9.78 Å². The van der Waals surface area contributed by atoms with Crippen molar-refractivity contribution < 1.29 is 9.53 Å². The standard InChI is InChI=1S/C12H14BrN3O2/c1-12(2,3)18-11(17)15-8-6-9(13)10-14-4-5-16(10)7-8/h4-7H,1-3H3,(H,15,17). The lowest BCUT2D eigenvalue weighted by Crippen LogP contribution is -2.27. The molecule has 0 aliphatic rings. The summed E-state index contributed by atoms with van der Waals surface area (Å²) in [5.41, 5.74) is 0.923. The Labute approximate surface area is 113 Å². The van der Waals surface area contributed by atoms with E-state index in [0.29, 0.717) is 5.69 Å². The summed E-state index contributed by atoms with van der Waals surface area (Å²) in [5, 5.41) is 2.68. The molecule has 1 amide bonds. The molecular weight excluding hydrogens is 298 g/mol. The Kier molecular flexibility index (Phi) is 3.30. The zero-order chi connectivity index (χ0) is 13.3. The van der Waals surface area contributed by atoms with E-state index in [2.05, 4.69) is 26.2 Å². The lowest BCUT2D eigenvalue weighted by molar-refractivity contribution is 0.0636. The Bertz CT molecular complexity index is 587. The minimum absolute atomic E-state index is 0.478. The first-order chi connectivity index (χ1) is 8.35. The van der Waals surface area contributed by atoms with Gasteiger partial charge in [0.2, 0.25) is 0 Å². The van der Waals surface area contributed by atoms with Gasteiger partial charge in [0.1, 0.15) is 5.60 Å². The van der Waals surface area contributed by atoms with Gasteiger partial charge in [-0.15, -0.1) is 0 Å². The molecule has 96 valence electrons. The van der Waals surface area contributed by atoms with Crippen LogP contribution in [-0.4, -0.2) is 21.1 Å². The normalized spacial score (nSPS) is 11.6. The van der Waals surface area contributed by atoms with Crippen molar-refractivity contribution in [2.24, 2.45) is 0 Å². The van der Waals surface area contributed by atoms with Crippen LogP contribution in [0.25, 0.3) is 5.65 Å². The Morgan fingerprint density at radius 2 is 2.22 bits per heavy atom. The Morgan fingerprint density at radius 1 is 1.50 bits per heavy atom. The van der Waals surface area contributed by atoms with E-state index in [1.165, 1.54) is 0 Å². The van der Waals surface area contributed by atoms with Crippen molar-refractivity contribution in [1.82, 2.24) is 9.38 Å². The average Bonchev–Trinajstić information content (AvgIpc) is 2.62. The maximum atomic E-state index is 11.6. The third kappa shape index (κ3) is 3.01. The third-order valence-corrected chi connectivity index (χ3v) is 2.67. The highest BCUT2D eigenvalue weighted by atomic mass is 79.9. The SMILES string of the molecule is CC(C)(C)OC(=O)Nc1cc(Br)c2nccn2c1. The molecule has 1 N–H and O–H groups in total. The molecule has 0 radical (unpaired) electrons. The number of anilines is 1. The minimum atomic E-state index is -0.513. The second kappa shape index (κ2) is 4.61. The molecule has 0 saturated heterocycles. The molecule has 0 fully saturated rings. The van der Waals surface area contributed by atoms with Crippen LogP contribution in [0.4, 0.5) is 10.5 Å². The molecule has 0 aliphatic carbocycles. The Morgan fingerprint density at radius 3 is 2.89 bits per heavy atom. The number of carbonyl (C=O) groups is 1. The summed E-state index contributed by atoms with van der Waals surface area (Å²) in [4.78, 5) is 15.8. The summed E-state index contributed by atoms with van der Waals surface area (Å²) in [6.07, 6.45) is 4.79. The van der Waals surface area contributed by atoms with Gasteiger partial charge in [-0.2, -0.15) is 0 Å². The number of imidazole rings is 1. The molecule has 0 aliphatic heterocycles. The third-order valence-electron chi connectivity index (χ3n) is 2.09. The molecule has 18 heavy (non-hydrogen) atoms. The van der Waals surface area contributed by atoms with Crippen LogP contribution in [0.5, 0.6) is 0 Å². The number of pyridine rings is 1. The number of hydrogen-bond acceptors (Lipinski definition) is 3. The van der Waals surface area contributed by atoms with Crippen LogP contribution >= 0.6 is 15.9 Å². The summed E-state index contributed by atoms with van der Waals surface area (Å²) in [7, 11) is 0. The quantitative estimate of drug-likeness (QED) is 0.877. The molecule has 2 rings (SSSR count). The number of hydrogen-bond donors (Lipinski definition) is 1. The monoisotopic (exact) mass is 311 g/mol. The summed E-state index contributed by atoms with van der Waals surface area (Å²) in [6.45, 7) is 5.46. The predicted molar refractivity (Wildman–Crippen MR) is 72.7 cm³/mol. The van der Waals surface area contributed by atoms with Crippen molar-refractivity contribution in [2.75, 3.05) is 5.32 Å². The topological polar surface area (TPSA) is 55.6 Å². The van der Waals surface area contributed by atoms with Crippen LogP contribution in [0.1, 0.15) is 20.8 Å². The molecule has 0 unspecified atom stereocenters. The number of rotatable bonds is 1. The van der Waals surface area contributed by atoms with Crippen molar-refractivity contribution in [3.8, 4) is 0 Å². The number of carbonyl (C=O) groups excluding carboxylic acids is 1. The van der Waals surface area contributed by atoms with E-state index in [9.17, 15) is 4.79 Å². The van der Waals surface area contributed by atoms with Crippen molar-refractivity contribution in [3.05, 3.63) is 29.1 Å². The van der Waals surface area contributed by atoms with E-state index in [1.54, 1.807) is 24.7 Å². The zero-order valence-corrected chi connectivity index (χ0v) is 12.0. The first kappa shape index (κ1) is 12.9. The molecule has 0 spiro atoms. The van der Waals surface area contributed by atoms with Gasteiger partial charge in [-0.3, -0.25) is 5.32 Å². The first-order valence-corrected chi connectivity index (χ1v) is 6.27. The molecule has 0 bridgehead atoms. The van der Waals surface area contributed by atoms with Crippen molar-refractivity contribution >= 4 is 33.4 Å². The average molecular weight is 312 g/mol. The largest absolute Gasteiger partial charge is 0.444 e. The van der Waals surface area contributed by atoms with Gasteiger partial charge in [-0.1, -0.05) is 0 Å². The van der Waals surface area contributed by atoms with Gasteiger partial charge >= 0.3 is 6.09 Å². The fourth-order valence-corrected chi connectivity index (χ4v) is 2.03. The van der Waals surface area contributed by atoms with Crippen LogP contribution in [0.15, 0.2) is 29.1 Å². The molecule has 0 aromatic carbocycles. The van der Waals surface area contributed by atoms with Crippen LogP contribution in [0.2, 0.25) is 0 Å². The molecular formula is C12H14BrN3O2. The molecule has 0 saturated carbocycles. The lowest BCUT2D eigenvalue weighted by atomic mass is 10.2. The van der Waals surface area contributed by atoms with Crippen molar-refractivity contribution in [2.45, 2.75) is 26.4 Å². The van der Waals surface area contributed by atoms with E-state index < -0.39 is 11.7 Å². The summed E-state index contributed by atoms with van der Waals surface area (Å²) < 4.78 is 7.81. The second-order valence-corrected chi connectivity index (χ2v) is 5.72. The number of halogens is 1. The van der Waals surface area contributed by atoms with E-state index in [1.807, 2.05) is 25.2 Å². The summed E-state index contributed by atoms with van der Waals surface area (Å²) in [5.74, 6) is 0. The lowest BCUT2D eigenvalue weighted by Gasteiger charge is -2.19. The highest BCUT2D eigenvalue weighted by molar-refractivity contribution is 9.10. The van der Waals surface area contributed by atoms with Gasteiger partial charge in [-0.05, 0) is 42.8 Å². The van der Waals surface area contributed by atoms with Gasteiger partial charge < -0.3 is 9.14 Å². The summed E-state index contributed by atoms with van der Waals surface area (Å²) >= 11 is 3.40. The van der Waals surface area contributed by atoms with Crippen LogP contribution in [0.3, 0.4) is 0 Å². The van der Waals surface area contributed by atoms with Crippen LogP contribution in [-0.2, 0) is 4.74 Å². The van der Waals surface area contributed by atoms with E-state index >= 15 is 0 Å². The molecule has 5 nitrogen and oxygen atoms in total. The zero-order valence-electron chi connectivity index (χ0n) is 10.4. The van der Waals surface area contributed by atoms with Gasteiger partial charge in [0.15, 0.2) is 5.65 Å². The number of ether oxygens (including phenoxy) is 1. The fraction of sp³-hybridized carbons (Fsp3) is 0.333. The molecule has 2 aromatic rings. The van der Waals surface area contributed by atoms with Crippen molar-refractivity contribution in [1.29, 1.82) is 0 Å². The fourth-order valence-electron chi connectivity index (χ4n) is 1.48. The molecule has 2 heterocycles. The van der Waals surface area contributed by atoms with Crippen LogP contribution in [0, 0.1) is 0 Å². The number of nitrogens with one attached hydrogen (secondary N) is 1.